The van der Waals surface area contributed by atoms with Crippen molar-refractivity contribution >= 4 is 7.82 Å². The molecule has 1 aromatic carbocycles. The first-order valence-corrected chi connectivity index (χ1v) is 11.2. The third kappa shape index (κ3) is 10.1. The Hall–Kier alpha value is -1.55. The zero-order chi connectivity index (χ0) is 21.3. The number of hydrogen-bond donors (Lipinski definition) is 1. The van der Waals surface area contributed by atoms with E-state index in [-0.39, 0.29) is 12.0 Å². The molecule has 0 heterocycles. The van der Waals surface area contributed by atoms with E-state index in [1.807, 2.05) is 31.2 Å². The first-order chi connectivity index (χ1) is 13.0. The van der Waals surface area contributed by atoms with E-state index in [4.69, 9.17) is 9.05 Å². The molecule has 0 amide bonds. The van der Waals surface area contributed by atoms with Gasteiger partial charge in [-0.2, -0.15) is 0 Å². The molecule has 1 unspecified atom stereocenters. The van der Waals surface area contributed by atoms with Crippen LogP contribution >= 0.6 is 7.82 Å². The maximum absolute atomic E-state index is 11.9. The van der Waals surface area contributed by atoms with Gasteiger partial charge in [-0.15, -0.1) is 0 Å². The SMILES string of the molecule is CCC(C)(C)CC#Cc1ccc(C#CCCOP(=O)(O)OC(C)(C)CC)cc1. The molecule has 1 rings (SSSR count). The minimum absolute atomic E-state index is 0.0390. The Kier molecular flexibility index (Phi) is 9.49. The van der Waals surface area contributed by atoms with E-state index in [0.29, 0.717) is 12.8 Å². The molecule has 4 nitrogen and oxygen atoms in total. The second-order valence-corrected chi connectivity index (χ2v) is 9.51. The summed E-state index contributed by atoms with van der Waals surface area (Å²) in [7, 11) is -4.06. The van der Waals surface area contributed by atoms with Gasteiger partial charge in [0.15, 0.2) is 0 Å². The van der Waals surface area contributed by atoms with Crippen molar-refractivity contribution in [2.24, 2.45) is 5.41 Å². The van der Waals surface area contributed by atoms with Crippen LogP contribution in [0.1, 0.15) is 78.4 Å². The molecule has 28 heavy (non-hydrogen) atoms. The van der Waals surface area contributed by atoms with Gasteiger partial charge in [0.2, 0.25) is 0 Å². The van der Waals surface area contributed by atoms with Gasteiger partial charge in [0.25, 0.3) is 0 Å². The van der Waals surface area contributed by atoms with E-state index in [0.717, 1.165) is 24.0 Å². The lowest BCUT2D eigenvalue weighted by Gasteiger charge is -2.25. The van der Waals surface area contributed by atoms with Crippen molar-refractivity contribution in [1.29, 1.82) is 0 Å². The van der Waals surface area contributed by atoms with Crippen LogP contribution in [0.5, 0.6) is 0 Å². The third-order valence-corrected chi connectivity index (χ3v) is 5.80. The summed E-state index contributed by atoms with van der Waals surface area (Å²) < 4.78 is 22.0. The number of benzene rings is 1. The highest BCUT2D eigenvalue weighted by molar-refractivity contribution is 7.47. The Balaban J connectivity index is 2.49. The molecule has 0 saturated carbocycles. The van der Waals surface area contributed by atoms with Crippen molar-refractivity contribution < 1.29 is 18.5 Å². The third-order valence-electron chi connectivity index (χ3n) is 4.57. The molecule has 1 N–H and O–H groups in total. The molecular formula is C23H33O4P. The van der Waals surface area contributed by atoms with Gasteiger partial charge in [0.1, 0.15) is 0 Å². The highest BCUT2D eigenvalue weighted by Gasteiger charge is 2.30. The van der Waals surface area contributed by atoms with Gasteiger partial charge in [-0.05, 0) is 49.9 Å². The van der Waals surface area contributed by atoms with Gasteiger partial charge < -0.3 is 4.89 Å². The first kappa shape index (κ1) is 24.5. The van der Waals surface area contributed by atoms with Gasteiger partial charge >= 0.3 is 7.82 Å². The molecule has 0 aliphatic rings. The van der Waals surface area contributed by atoms with Crippen molar-refractivity contribution in [2.75, 3.05) is 6.61 Å². The Labute approximate surface area is 170 Å². The van der Waals surface area contributed by atoms with Crippen molar-refractivity contribution in [2.45, 2.75) is 72.8 Å². The van der Waals surface area contributed by atoms with E-state index in [1.54, 1.807) is 13.8 Å². The summed E-state index contributed by atoms with van der Waals surface area (Å²) in [5, 5.41) is 0. The summed E-state index contributed by atoms with van der Waals surface area (Å²) in [6.07, 6.45) is 2.93. The number of rotatable bonds is 8. The maximum atomic E-state index is 11.9. The minimum atomic E-state index is -4.06. The standard InChI is InChI=1S/C23H33O4P/c1-7-22(3,4)18-11-13-21-16-14-20(15-17-21)12-9-10-19-26-28(24,25)27-23(5,6)8-2/h14-17H,7-8,10,18-19H2,1-6H3,(H,24,25). The monoisotopic (exact) mass is 404 g/mol. The van der Waals surface area contributed by atoms with Gasteiger partial charge in [-0.3, -0.25) is 9.05 Å². The highest BCUT2D eigenvalue weighted by Crippen LogP contribution is 2.47. The van der Waals surface area contributed by atoms with E-state index in [1.165, 1.54) is 0 Å². The summed E-state index contributed by atoms with van der Waals surface area (Å²) in [4.78, 5) is 9.71. The molecule has 0 bridgehead atoms. The molecule has 0 aliphatic carbocycles. The quantitative estimate of drug-likeness (QED) is 0.332. The second kappa shape index (κ2) is 10.8. The van der Waals surface area contributed by atoms with Crippen LogP contribution in [0.25, 0.3) is 0 Å². The Morgan fingerprint density at radius 2 is 1.50 bits per heavy atom. The molecule has 1 aromatic rings. The fourth-order valence-electron chi connectivity index (χ4n) is 1.93. The van der Waals surface area contributed by atoms with Gasteiger partial charge in [0.05, 0.1) is 12.2 Å². The lowest BCUT2D eigenvalue weighted by molar-refractivity contribution is 0.0467. The van der Waals surface area contributed by atoms with Gasteiger partial charge in [-0.25, -0.2) is 4.57 Å². The molecule has 1 atom stereocenters. The summed E-state index contributed by atoms with van der Waals surface area (Å²) in [6, 6.07) is 7.75. The fraction of sp³-hybridized carbons (Fsp3) is 0.565. The summed E-state index contributed by atoms with van der Waals surface area (Å²) in [5.74, 6) is 12.4. The van der Waals surface area contributed by atoms with E-state index < -0.39 is 13.4 Å². The van der Waals surface area contributed by atoms with Crippen LogP contribution in [0, 0.1) is 29.1 Å². The van der Waals surface area contributed by atoms with Crippen molar-refractivity contribution in [3.63, 3.8) is 0 Å². The van der Waals surface area contributed by atoms with E-state index in [9.17, 15) is 9.46 Å². The average molecular weight is 404 g/mol. The molecule has 5 heteroatoms. The normalized spacial score (nSPS) is 13.7. The van der Waals surface area contributed by atoms with Crippen LogP contribution in [-0.2, 0) is 13.6 Å². The molecule has 0 radical (unpaired) electrons. The Morgan fingerprint density at radius 1 is 0.964 bits per heavy atom. The van der Waals surface area contributed by atoms with Crippen molar-refractivity contribution in [3.8, 4) is 23.7 Å². The zero-order valence-electron chi connectivity index (χ0n) is 18.0. The van der Waals surface area contributed by atoms with Crippen molar-refractivity contribution in [3.05, 3.63) is 35.4 Å². The van der Waals surface area contributed by atoms with Gasteiger partial charge in [0, 0.05) is 24.0 Å². The van der Waals surface area contributed by atoms with E-state index >= 15 is 0 Å². The van der Waals surface area contributed by atoms with Crippen LogP contribution in [-0.4, -0.2) is 17.1 Å². The average Bonchev–Trinajstić information content (AvgIpc) is 2.61. The Bertz CT molecular complexity index is 786. The summed E-state index contributed by atoms with van der Waals surface area (Å²) in [6.45, 7) is 12.0. The Morgan fingerprint density at radius 3 is 2.00 bits per heavy atom. The lowest BCUT2D eigenvalue weighted by Crippen LogP contribution is -2.22. The predicted molar refractivity (Wildman–Crippen MR) is 115 cm³/mol. The zero-order valence-corrected chi connectivity index (χ0v) is 18.9. The van der Waals surface area contributed by atoms with Crippen LogP contribution in [0.2, 0.25) is 0 Å². The smallest absolute Gasteiger partial charge is 0.302 e. The van der Waals surface area contributed by atoms with Crippen LogP contribution in [0.3, 0.4) is 0 Å². The molecule has 0 saturated heterocycles. The molecule has 0 aliphatic heterocycles. The lowest BCUT2D eigenvalue weighted by atomic mass is 9.87. The number of phosphoric acid groups is 1. The van der Waals surface area contributed by atoms with Crippen molar-refractivity contribution in [1.82, 2.24) is 0 Å². The number of hydrogen-bond acceptors (Lipinski definition) is 3. The first-order valence-electron chi connectivity index (χ1n) is 9.74. The van der Waals surface area contributed by atoms with E-state index in [2.05, 4.69) is 44.5 Å². The molecule has 0 spiro atoms. The minimum Gasteiger partial charge on any atom is -0.302 e. The molecule has 154 valence electrons. The molecule has 0 fully saturated rings. The second-order valence-electron chi connectivity index (χ2n) is 8.13. The van der Waals surface area contributed by atoms with Crippen LogP contribution in [0.4, 0.5) is 0 Å². The van der Waals surface area contributed by atoms with Crippen LogP contribution < -0.4 is 0 Å². The maximum Gasteiger partial charge on any atom is 0.472 e. The fourth-order valence-corrected chi connectivity index (χ4v) is 3.06. The topological polar surface area (TPSA) is 55.8 Å². The molecular weight excluding hydrogens is 371 g/mol. The number of phosphoric ester groups is 1. The molecule has 0 aromatic heterocycles. The predicted octanol–water partition coefficient (Wildman–Crippen LogP) is 5.93. The summed E-state index contributed by atoms with van der Waals surface area (Å²) in [5.41, 5.74) is 1.39. The van der Waals surface area contributed by atoms with Crippen LogP contribution in [0.15, 0.2) is 24.3 Å². The van der Waals surface area contributed by atoms with Gasteiger partial charge in [-0.1, -0.05) is 57.8 Å². The summed E-state index contributed by atoms with van der Waals surface area (Å²) >= 11 is 0. The largest absolute Gasteiger partial charge is 0.472 e. The highest BCUT2D eigenvalue weighted by atomic mass is 31.2.